The molecule has 5 aromatic carbocycles. The van der Waals surface area contributed by atoms with E-state index >= 15 is 0 Å². The topological polar surface area (TPSA) is 106 Å². The summed E-state index contributed by atoms with van der Waals surface area (Å²) in [6.45, 7) is 23.8. The maximum absolute atomic E-state index is 8.83. The number of hydrogen-bond donors (Lipinski definition) is 0. The molecule has 0 atom stereocenters. The van der Waals surface area contributed by atoms with Gasteiger partial charge < -0.3 is 0 Å². The Bertz CT molecular complexity index is 8290. The molecule has 0 bridgehead atoms. The standard InChI is InChI=1S/C24H28N3.C23H26N3.C22H24N3.C21H22N3.C20H20N3/c1-16-11-20-22(27-10-8-7-9-23(27)25-20)13-19(16)21-12-18(14-24(3,4)5)17(2)15-26(21)6;1-16-12-19-21(26-10-7-6-8-22(26)24-19)14-18(16)20-13-17(9-11-25(20)5)15-23(2,3)4;1-14(2)17-11-20(24(5)13-16(17)4)18-12-21-19(10-15(18)3)23-22-8-6-7-9-25(21)22;1-14(2)16-8-10-23(4)19(12-16)17-13-20-18(11-15(17)3)22-21-7-5-6-9-24(20)21;1-13-10-18(22(4)12-15(13)3)16-11-19-17(9-14(16)2)21-20-7-5-6-8-23(19)20/h7-13,15H,14H2,1-6H3;6-14H,15H2,1-5H3;6-14H,1-5H3;5-14H,1-4H3;5-12H,1-4H3/q5*+1/i2D3,14D2;15D2;4D3,14D;14D;3D3. The van der Waals surface area contributed by atoms with E-state index < -0.39 is 55.9 Å². The van der Waals surface area contributed by atoms with Crippen LogP contribution in [0.25, 0.3) is 140 Å². The lowest BCUT2D eigenvalue weighted by molar-refractivity contribution is -0.660. The van der Waals surface area contributed by atoms with E-state index in [0.717, 1.165) is 168 Å². The van der Waals surface area contributed by atoms with E-state index in [1.807, 2.05) is 278 Å². The van der Waals surface area contributed by atoms with Gasteiger partial charge in [0, 0.05) is 111 Å². The van der Waals surface area contributed by atoms with Crippen LogP contribution in [0.2, 0.25) is 0 Å². The second kappa shape index (κ2) is 34.0. The van der Waals surface area contributed by atoms with E-state index in [0.29, 0.717) is 16.7 Å². The predicted octanol–water partition coefficient (Wildman–Crippen LogP) is 23.1. The van der Waals surface area contributed by atoms with Gasteiger partial charge in [-0.3, -0.25) is 22.0 Å². The van der Waals surface area contributed by atoms with Gasteiger partial charge in [0.15, 0.2) is 31.0 Å². The number of nitrogens with zero attached hydrogens (tertiary/aromatic N) is 15. The number of fused-ring (bicyclic) bond motifs is 15. The van der Waals surface area contributed by atoms with Crippen LogP contribution in [0.3, 0.4) is 0 Å². The van der Waals surface area contributed by atoms with Gasteiger partial charge in [0.25, 0.3) is 0 Å². The van der Waals surface area contributed by atoms with Gasteiger partial charge in [0.1, 0.15) is 63.5 Å². The van der Waals surface area contributed by atoms with Crippen molar-refractivity contribution in [1.29, 1.82) is 0 Å². The third-order valence-electron chi connectivity index (χ3n) is 23.1. The Morgan fingerprint density at radius 1 is 0.320 bits per heavy atom. The van der Waals surface area contributed by atoms with Crippen molar-refractivity contribution in [2.45, 2.75) is 156 Å². The molecule has 0 N–H and O–H groups in total. The zero-order valence-electron chi connectivity index (χ0n) is 90.5. The Kier molecular flexibility index (Phi) is 18.5. The summed E-state index contributed by atoms with van der Waals surface area (Å²) in [5.74, 6) is -1.65. The van der Waals surface area contributed by atoms with Crippen LogP contribution in [0, 0.1) is 72.9 Å². The average molecular weight is 1670 g/mol. The van der Waals surface area contributed by atoms with Crippen molar-refractivity contribution in [3.8, 4) is 56.3 Å². The number of imidazole rings is 5. The van der Waals surface area contributed by atoms with Gasteiger partial charge in [0.05, 0.1) is 83.0 Å². The molecule has 15 heterocycles. The Labute approximate surface area is 756 Å². The minimum Gasteiger partial charge on any atom is -0.300 e. The lowest BCUT2D eigenvalue weighted by atomic mass is 9.86. The smallest absolute Gasteiger partial charge is 0.212 e. The van der Waals surface area contributed by atoms with Gasteiger partial charge in [-0.1, -0.05) is 99.6 Å². The summed E-state index contributed by atoms with van der Waals surface area (Å²) >= 11 is 0. The first-order valence-electron chi connectivity index (χ1n) is 49.9. The fourth-order valence-corrected chi connectivity index (χ4v) is 16.7. The second-order valence-electron chi connectivity index (χ2n) is 35.6. The first-order valence-corrected chi connectivity index (χ1v) is 42.4. The van der Waals surface area contributed by atoms with Crippen molar-refractivity contribution in [1.82, 2.24) is 46.9 Å². The number of rotatable bonds is 9. The van der Waals surface area contributed by atoms with Gasteiger partial charge in [-0.25, -0.2) is 47.8 Å². The summed E-state index contributed by atoms with van der Waals surface area (Å²) in [6, 6.07) is 64.4. The van der Waals surface area contributed by atoms with E-state index in [1.54, 1.807) is 70.9 Å². The zero-order chi connectivity index (χ0) is 101. The highest BCUT2D eigenvalue weighted by Gasteiger charge is 2.26. The third-order valence-corrected chi connectivity index (χ3v) is 23.1. The Morgan fingerprint density at radius 2 is 0.632 bits per heavy atom. The van der Waals surface area contributed by atoms with Crippen LogP contribution in [0.4, 0.5) is 0 Å². The molecule has 20 rings (SSSR count). The van der Waals surface area contributed by atoms with Gasteiger partial charge >= 0.3 is 0 Å². The normalized spacial score (nSPS) is 14.4. The van der Waals surface area contributed by atoms with E-state index in [1.165, 1.54) is 11.1 Å². The van der Waals surface area contributed by atoms with Crippen LogP contribution in [0.15, 0.2) is 256 Å². The fraction of sp³-hybridized carbons (Fsp3) is 0.273. The summed E-state index contributed by atoms with van der Waals surface area (Å²) < 4.78 is 143. The van der Waals surface area contributed by atoms with Crippen LogP contribution in [0.1, 0.15) is 174 Å². The number of benzene rings is 5. The highest BCUT2D eigenvalue weighted by atomic mass is 15.0. The van der Waals surface area contributed by atoms with Gasteiger partial charge in [-0.2, -0.15) is 0 Å². The first kappa shape index (κ1) is 68.1. The molecular formula is C110H120N15+5. The van der Waals surface area contributed by atoms with Gasteiger partial charge in [-0.15, -0.1) is 0 Å². The Hall–Kier alpha value is -13.4. The van der Waals surface area contributed by atoms with E-state index in [2.05, 4.69) is 108 Å². The monoisotopic (exact) mass is 1670 g/mol. The summed E-state index contributed by atoms with van der Waals surface area (Å²) in [4.78, 5) is 23.5. The van der Waals surface area contributed by atoms with E-state index in [-0.39, 0.29) is 16.7 Å². The lowest BCUT2D eigenvalue weighted by Crippen LogP contribution is -2.32. The molecule has 20 aromatic rings. The molecule has 0 amide bonds. The van der Waals surface area contributed by atoms with Crippen LogP contribution in [0.5, 0.6) is 0 Å². The molecule has 15 aromatic heterocycles. The molecule has 15 nitrogen and oxygen atoms in total. The highest BCUT2D eigenvalue weighted by Crippen LogP contribution is 2.37. The SMILES string of the molecule is [2H]C(C)(C)c1cc[n+](C)c(-c2cc3c(cc2C)nc2ccccn23)c1.[2H]C([2H])([2H])c1c[n+](C)c(-c2cc3c(cc2C)nc2ccccn23)cc1C.[2H]C([2H])([2H])c1c[n+](C)c(-c2cc3c(cc2C)nc2ccccn23)cc1C([2H])(C)C.[2H]C([2H])([2H])c1c[n+](C)c(-c2cc3c(cc2C)nc2ccccn23)cc1C([2H])([2H])C(C)(C)C.[2H]C([2H])(c1cc[n+](C)c(-c2cc3c(cc2C)nc2ccccn23)c1)C(C)(C)C. The second-order valence-corrected chi connectivity index (χ2v) is 35.6. The molecule has 0 aliphatic rings. The summed E-state index contributed by atoms with van der Waals surface area (Å²) in [6.07, 6.45) is 15.7. The predicted molar refractivity (Wildman–Crippen MR) is 514 cm³/mol. The van der Waals surface area contributed by atoms with Gasteiger partial charge in [-0.05, 0) is 274 Å². The van der Waals surface area contributed by atoms with Crippen LogP contribution in [-0.2, 0) is 48.0 Å². The first-order chi connectivity index (χ1) is 65.4. The Balaban J connectivity index is 0.000000126. The molecular weight excluding hydrogens is 1530 g/mol. The molecule has 0 saturated heterocycles. The minimum atomic E-state index is -2.43. The average Bonchev–Trinajstić information content (AvgIpc) is 0.806. The highest BCUT2D eigenvalue weighted by molar-refractivity contribution is 5.91. The van der Waals surface area contributed by atoms with Crippen molar-refractivity contribution < 1.29 is 43.4 Å². The molecule has 0 saturated carbocycles. The molecule has 0 fully saturated rings. The van der Waals surface area contributed by atoms with Crippen molar-refractivity contribution in [2.24, 2.45) is 46.1 Å². The molecule has 0 aliphatic carbocycles. The lowest BCUT2D eigenvalue weighted by Gasteiger charge is -2.19. The molecule has 125 heavy (non-hydrogen) atoms. The van der Waals surface area contributed by atoms with Crippen molar-refractivity contribution in [3.05, 3.63) is 328 Å². The van der Waals surface area contributed by atoms with Crippen LogP contribution in [-0.4, -0.2) is 46.9 Å². The Morgan fingerprint density at radius 3 is 0.968 bits per heavy atom. The number of aromatic nitrogens is 15. The molecule has 0 aliphatic heterocycles. The van der Waals surface area contributed by atoms with Crippen molar-refractivity contribution in [3.63, 3.8) is 0 Å². The fourth-order valence-electron chi connectivity index (χ4n) is 16.7. The largest absolute Gasteiger partial charge is 0.300 e. The molecule has 630 valence electrons. The zero-order valence-corrected chi connectivity index (χ0v) is 75.5. The van der Waals surface area contributed by atoms with E-state index in [9.17, 15) is 0 Å². The molecule has 0 unspecified atom stereocenters. The molecule has 0 radical (unpaired) electrons. The summed E-state index contributed by atoms with van der Waals surface area (Å²) in [7, 11) is 9.60. The van der Waals surface area contributed by atoms with Crippen molar-refractivity contribution >= 4 is 83.4 Å². The molecule has 15 heteroatoms. The maximum atomic E-state index is 8.83. The maximum Gasteiger partial charge on any atom is 0.212 e. The van der Waals surface area contributed by atoms with Gasteiger partial charge in [0.2, 0.25) is 28.5 Å². The van der Waals surface area contributed by atoms with Crippen molar-refractivity contribution in [2.75, 3.05) is 0 Å². The molecule has 0 spiro atoms. The number of pyridine rings is 10. The summed E-state index contributed by atoms with van der Waals surface area (Å²) in [5, 5.41) is 0. The summed E-state index contributed by atoms with van der Waals surface area (Å²) in [5.41, 5.74) is 32.4. The van der Waals surface area contributed by atoms with E-state index in [4.69, 9.17) is 35.5 Å². The third kappa shape index (κ3) is 17.4. The van der Waals surface area contributed by atoms with Crippen LogP contribution >= 0.6 is 0 Å². The number of aryl methyl sites for hydroxylation is 14. The quantitative estimate of drug-likeness (QED) is 0.134. The van der Waals surface area contributed by atoms with Crippen LogP contribution < -0.4 is 22.8 Å². The minimum absolute atomic E-state index is 0.0391. The number of hydrogen-bond acceptors (Lipinski definition) is 5.